The van der Waals surface area contributed by atoms with Crippen LogP contribution in [0.15, 0.2) is 30.3 Å². The highest BCUT2D eigenvalue weighted by molar-refractivity contribution is 7.52. The first-order valence-electron chi connectivity index (χ1n) is 7.47. The Balaban J connectivity index is 3.08. The minimum Gasteiger partial charge on any atom is -0.468 e. The van der Waals surface area contributed by atoms with Gasteiger partial charge in [-0.3, -0.25) is 9.32 Å². The topological polar surface area (TPSA) is 73.9 Å². The average Bonchev–Trinajstić information content (AvgIpc) is 2.42. The molecule has 0 spiro atoms. The molecule has 0 aliphatic heterocycles. The molecule has 0 saturated carbocycles. The molecule has 1 unspecified atom stereocenters. The van der Waals surface area contributed by atoms with E-state index in [0.717, 1.165) is 0 Å². The fourth-order valence-corrected chi connectivity index (χ4v) is 3.83. The van der Waals surface area contributed by atoms with E-state index in [-0.39, 0.29) is 5.92 Å². The SMILES string of the molecule is COC(=O)[C@@H](NP(=O)(Oc1ccccc1)OC(C)(C)C)C(C)C. The molecule has 130 valence electrons. The minimum absolute atomic E-state index is 0.154. The van der Waals surface area contributed by atoms with Crippen molar-refractivity contribution in [3.63, 3.8) is 0 Å². The number of rotatable bonds is 7. The fraction of sp³-hybridized carbons (Fsp3) is 0.562. The predicted molar refractivity (Wildman–Crippen MR) is 89.3 cm³/mol. The highest BCUT2D eigenvalue weighted by Crippen LogP contribution is 2.48. The van der Waals surface area contributed by atoms with Gasteiger partial charge < -0.3 is 9.26 Å². The van der Waals surface area contributed by atoms with Crippen LogP contribution in [0.4, 0.5) is 0 Å². The van der Waals surface area contributed by atoms with Gasteiger partial charge in [0.1, 0.15) is 11.8 Å². The van der Waals surface area contributed by atoms with Gasteiger partial charge in [-0.2, -0.15) is 5.09 Å². The number of methoxy groups -OCH3 is 1. The number of ether oxygens (including phenoxy) is 1. The first-order valence-corrected chi connectivity index (χ1v) is 9.01. The lowest BCUT2D eigenvalue weighted by Gasteiger charge is -2.30. The summed E-state index contributed by atoms with van der Waals surface area (Å²) in [5.41, 5.74) is -0.727. The van der Waals surface area contributed by atoms with Crippen molar-refractivity contribution in [3.8, 4) is 5.75 Å². The summed E-state index contributed by atoms with van der Waals surface area (Å²) in [6.45, 7) is 8.92. The molecule has 1 aromatic carbocycles. The Morgan fingerprint density at radius 1 is 1.17 bits per heavy atom. The van der Waals surface area contributed by atoms with Crippen molar-refractivity contribution in [3.05, 3.63) is 30.3 Å². The van der Waals surface area contributed by atoms with Gasteiger partial charge in [0, 0.05) is 0 Å². The fourth-order valence-electron chi connectivity index (χ4n) is 1.82. The predicted octanol–water partition coefficient (Wildman–Crippen LogP) is 3.78. The smallest absolute Gasteiger partial charge is 0.459 e. The molecule has 0 radical (unpaired) electrons. The van der Waals surface area contributed by atoms with Gasteiger partial charge in [0.25, 0.3) is 0 Å². The van der Waals surface area contributed by atoms with Crippen molar-refractivity contribution >= 4 is 13.7 Å². The van der Waals surface area contributed by atoms with Crippen LogP contribution in [0.2, 0.25) is 0 Å². The van der Waals surface area contributed by atoms with Crippen LogP contribution >= 0.6 is 7.75 Å². The first kappa shape index (κ1) is 19.7. The van der Waals surface area contributed by atoms with Crippen molar-refractivity contribution in [1.82, 2.24) is 5.09 Å². The third-order valence-electron chi connectivity index (χ3n) is 2.78. The molecule has 2 atom stereocenters. The van der Waals surface area contributed by atoms with Gasteiger partial charge in [-0.25, -0.2) is 4.57 Å². The maximum atomic E-state index is 13.2. The number of nitrogens with one attached hydrogen (secondary N) is 1. The molecule has 0 amide bonds. The van der Waals surface area contributed by atoms with Gasteiger partial charge in [0.05, 0.1) is 12.7 Å². The average molecular weight is 343 g/mol. The zero-order valence-electron chi connectivity index (χ0n) is 14.5. The van der Waals surface area contributed by atoms with Gasteiger partial charge in [-0.05, 0) is 38.8 Å². The van der Waals surface area contributed by atoms with Crippen LogP contribution in [0.1, 0.15) is 34.6 Å². The monoisotopic (exact) mass is 343 g/mol. The van der Waals surface area contributed by atoms with Crippen LogP contribution in [-0.2, 0) is 18.6 Å². The summed E-state index contributed by atoms with van der Waals surface area (Å²) in [5, 5.41) is 2.72. The normalized spacial score (nSPS) is 15.8. The third kappa shape index (κ3) is 6.73. The van der Waals surface area contributed by atoms with E-state index in [1.54, 1.807) is 45.0 Å². The van der Waals surface area contributed by atoms with E-state index in [1.165, 1.54) is 7.11 Å². The van der Waals surface area contributed by atoms with Crippen molar-refractivity contribution in [1.29, 1.82) is 0 Å². The summed E-state index contributed by atoms with van der Waals surface area (Å²) in [5.74, 6) is -0.284. The summed E-state index contributed by atoms with van der Waals surface area (Å²) in [7, 11) is -2.51. The zero-order chi connectivity index (χ0) is 17.7. The van der Waals surface area contributed by atoms with Crippen LogP contribution in [-0.4, -0.2) is 24.7 Å². The molecule has 1 aromatic rings. The molecule has 1 rings (SSSR count). The Hall–Kier alpha value is -1.36. The largest absolute Gasteiger partial charge is 0.468 e. The second kappa shape index (κ2) is 7.95. The van der Waals surface area contributed by atoms with Crippen LogP contribution in [0.25, 0.3) is 0 Å². The lowest BCUT2D eigenvalue weighted by Crippen LogP contribution is -2.42. The minimum atomic E-state index is -3.79. The number of esters is 1. The Morgan fingerprint density at radius 3 is 2.17 bits per heavy atom. The zero-order valence-corrected chi connectivity index (χ0v) is 15.4. The summed E-state index contributed by atoms with van der Waals surface area (Å²) in [6.07, 6.45) is 0. The number of carbonyl (C=O) groups is 1. The molecule has 0 heterocycles. The lowest BCUT2D eigenvalue weighted by molar-refractivity contribution is -0.143. The van der Waals surface area contributed by atoms with Crippen molar-refractivity contribution in [2.45, 2.75) is 46.3 Å². The maximum Gasteiger partial charge on any atom is 0.459 e. The van der Waals surface area contributed by atoms with E-state index in [4.69, 9.17) is 13.8 Å². The molecule has 23 heavy (non-hydrogen) atoms. The van der Waals surface area contributed by atoms with E-state index >= 15 is 0 Å². The second-order valence-electron chi connectivity index (χ2n) is 6.48. The van der Waals surface area contributed by atoms with Crippen LogP contribution in [0, 0.1) is 5.92 Å². The molecule has 0 aliphatic carbocycles. The Morgan fingerprint density at radius 2 is 1.74 bits per heavy atom. The van der Waals surface area contributed by atoms with Crippen molar-refractivity contribution < 1.29 is 23.1 Å². The van der Waals surface area contributed by atoms with E-state index in [0.29, 0.717) is 5.75 Å². The van der Waals surface area contributed by atoms with Gasteiger partial charge in [-0.1, -0.05) is 32.0 Å². The first-order chi connectivity index (χ1) is 10.6. The molecule has 1 N–H and O–H groups in total. The van der Waals surface area contributed by atoms with Gasteiger partial charge in [0.15, 0.2) is 0 Å². The molecule has 0 bridgehead atoms. The summed E-state index contributed by atoms with van der Waals surface area (Å²) in [4.78, 5) is 11.9. The Kier molecular flexibility index (Phi) is 6.81. The quantitative estimate of drug-likeness (QED) is 0.600. The molecule has 0 aromatic heterocycles. The van der Waals surface area contributed by atoms with Gasteiger partial charge in [-0.15, -0.1) is 0 Å². The van der Waals surface area contributed by atoms with Crippen molar-refractivity contribution in [2.24, 2.45) is 5.92 Å². The highest BCUT2D eigenvalue weighted by atomic mass is 31.2. The van der Waals surface area contributed by atoms with E-state index in [1.807, 2.05) is 19.9 Å². The number of hydrogen-bond donors (Lipinski definition) is 1. The third-order valence-corrected chi connectivity index (χ3v) is 4.62. The van der Waals surface area contributed by atoms with Gasteiger partial charge in [0.2, 0.25) is 0 Å². The number of carbonyl (C=O) groups excluding carboxylic acids is 1. The second-order valence-corrected chi connectivity index (χ2v) is 8.10. The molecule has 0 fully saturated rings. The van der Waals surface area contributed by atoms with Crippen LogP contribution < -0.4 is 9.61 Å². The molecular weight excluding hydrogens is 317 g/mol. The summed E-state index contributed by atoms with van der Waals surface area (Å²) < 4.78 is 29.1. The lowest BCUT2D eigenvalue weighted by atomic mass is 10.1. The van der Waals surface area contributed by atoms with Crippen LogP contribution in [0.5, 0.6) is 5.75 Å². The Bertz CT molecular complexity index is 553. The molecule has 6 nitrogen and oxygen atoms in total. The number of benzene rings is 1. The van der Waals surface area contributed by atoms with E-state index in [2.05, 4.69) is 5.09 Å². The molecule has 0 saturated heterocycles. The molecular formula is C16H26NO5P. The van der Waals surface area contributed by atoms with Gasteiger partial charge >= 0.3 is 13.7 Å². The summed E-state index contributed by atoms with van der Waals surface area (Å²) >= 11 is 0. The Labute approximate surface area is 138 Å². The van der Waals surface area contributed by atoms with E-state index in [9.17, 15) is 9.36 Å². The highest BCUT2D eigenvalue weighted by Gasteiger charge is 2.38. The number of hydrogen-bond acceptors (Lipinski definition) is 5. The molecule has 7 heteroatoms. The standard InChI is InChI=1S/C16H26NO5P/c1-12(2)14(15(18)20-6)17-23(19,22-16(3,4)5)21-13-10-8-7-9-11-13/h7-12,14H,1-6H3,(H,17,19)/t14-,23?/m0/s1. The van der Waals surface area contributed by atoms with Crippen LogP contribution in [0.3, 0.4) is 0 Å². The van der Waals surface area contributed by atoms with Crippen molar-refractivity contribution in [2.75, 3.05) is 7.11 Å². The molecule has 0 aliphatic rings. The number of para-hydroxylation sites is 1. The summed E-state index contributed by atoms with van der Waals surface area (Å²) in [6, 6.07) is 7.87. The maximum absolute atomic E-state index is 13.2. The van der Waals surface area contributed by atoms with E-state index < -0.39 is 25.4 Å².